The molecule has 0 aliphatic heterocycles. The summed E-state index contributed by atoms with van der Waals surface area (Å²) >= 11 is 0. The van der Waals surface area contributed by atoms with Crippen molar-refractivity contribution in [3.05, 3.63) is 29.1 Å². The van der Waals surface area contributed by atoms with Crippen LogP contribution in [0.25, 0.3) is 0 Å². The summed E-state index contributed by atoms with van der Waals surface area (Å²) in [6.07, 6.45) is 0. The second-order valence-corrected chi connectivity index (χ2v) is 3.82. The first-order chi connectivity index (χ1) is 6.00. The van der Waals surface area contributed by atoms with E-state index in [1.807, 2.05) is 0 Å². The van der Waals surface area contributed by atoms with Gasteiger partial charge in [-0.25, -0.2) is 22.0 Å². The van der Waals surface area contributed by atoms with Gasteiger partial charge in [-0.1, -0.05) is 6.55 Å². The van der Waals surface area contributed by atoms with E-state index >= 15 is 0 Å². The molecule has 0 nitrogen and oxygen atoms in total. The fourth-order valence-corrected chi connectivity index (χ4v) is 1.89. The monoisotopic (exact) mass is 212 g/mol. The molecule has 6 heteroatoms. The normalized spacial score (nSPS) is 11.5. The van der Waals surface area contributed by atoms with Crippen molar-refractivity contribution < 1.29 is 22.0 Å². The molecule has 0 N–H and O–H groups in total. The number of hydrogen-bond donors (Lipinski definition) is 0. The van der Waals surface area contributed by atoms with Crippen molar-refractivity contribution in [1.82, 2.24) is 0 Å². The van der Waals surface area contributed by atoms with Crippen molar-refractivity contribution in [1.29, 1.82) is 0 Å². The predicted octanol–water partition coefficient (Wildman–Crippen LogP) is 1.22. The molecule has 0 aliphatic rings. The van der Waals surface area contributed by atoms with E-state index in [0.29, 0.717) is 0 Å². The molecule has 0 fully saturated rings. The third-order valence-corrected chi connectivity index (χ3v) is 2.98. The van der Waals surface area contributed by atoms with E-state index in [-0.39, 0.29) is 0 Å². The molecule has 0 saturated carbocycles. The molecule has 0 radical (unpaired) electrons. The molecular formula is C7H5F5Si. The quantitative estimate of drug-likeness (QED) is 0.284. The van der Waals surface area contributed by atoms with Gasteiger partial charge in [0.25, 0.3) is 0 Å². The van der Waals surface area contributed by atoms with Crippen LogP contribution in [0.3, 0.4) is 0 Å². The summed E-state index contributed by atoms with van der Waals surface area (Å²) in [4.78, 5) is 0. The Morgan fingerprint density at radius 3 is 1.31 bits per heavy atom. The van der Waals surface area contributed by atoms with E-state index in [4.69, 9.17) is 0 Å². The highest BCUT2D eigenvalue weighted by atomic mass is 28.2. The molecular weight excluding hydrogens is 207 g/mol. The second-order valence-electron chi connectivity index (χ2n) is 2.40. The number of benzene rings is 1. The van der Waals surface area contributed by atoms with E-state index in [1.165, 1.54) is 6.55 Å². The minimum atomic E-state index is -2.10. The van der Waals surface area contributed by atoms with Gasteiger partial charge in [0.15, 0.2) is 23.3 Å². The van der Waals surface area contributed by atoms with Gasteiger partial charge in [-0.3, -0.25) is 0 Å². The maximum atomic E-state index is 12.7. The van der Waals surface area contributed by atoms with Crippen LogP contribution in [0.15, 0.2) is 0 Å². The lowest BCUT2D eigenvalue weighted by molar-refractivity contribution is 0.384. The Hall–Kier alpha value is -0.913. The van der Waals surface area contributed by atoms with Crippen molar-refractivity contribution in [3.63, 3.8) is 0 Å². The lowest BCUT2D eigenvalue weighted by Gasteiger charge is -2.04. The fraction of sp³-hybridized carbons (Fsp3) is 0.143. The van der Waals surface area contributed by atoms with Crippen LogP contribution in [-0.2, 0) is 0 Å². The van der Waals surface area contributed by atoms with Crippen LogP contribution in [0, 0.1) is 29.1 Å². The predicted molar refractivity (Wildman–Crippen MR) is 40.3 cm³/mol. The minimum Gasteiger partial charge on any atom is -0.204 e. The first-order valence-corrected chi connectivity index (χ1v) is 5.63. The Labute approximate surface area is 73.2 Å². The molecule has 0 heterocycles. The zero-order valence-electron chi connectivity index (χ0n) is 6.60. The van der Waals surface area contributed by atoms with E-state index in [2.05, 4.69) is 0 Å². The summed E-state index contributed by atoms with van der Waals surface area (Å²) in [5.74, 6) is -9.19. The highest BCUT2D eigenvalue weighted by Crippen LogP contribution is 2.15. The Bertz CT molecular complexity index is 320. The van der Waals surface area contributed by atoms with Crippen molar-refractivity contribution >= 4 is 14.7 Å². The van der Waals surface area contributed by atoms with Gasteiger partial charge < -0.3 is 0 Å². The average molecular weight is 212 g/mol. The highest BCUT2D eigenvalue weighted by molar-refractivity contribution is 6.52. The van der Waals surface area contributed by atoms with Crippen LogP contribution in [-0.4, -0.2) is 9.52 Å². The summed E-state index contributed by atoms with van der Waals surface area (Å²) in [5.41, 5.74) is 0. The molecule has 0 saturated heterocycles. The minimum absolute atomic E-state index is 0.642. The van der Waals surface area contributed by atoms with Gasteiger partial charge >= 0.3 is 0 Å². The smallest absolute Gasteiger partial charge is 0.200 e. The van der Waals surface area contributed by atoms with Gasteiger partial charge in [0.05, 0.1) is 9.52 Å². The number of rotatable bonds is 1. The van der Waals surface area contributed by atoms with Gasteiger partial charge in [0, 0.05) is 5.19 Å². The second kappa shape index (κ2) is 3.45. The molecule has 1 aromatic rings. The largest absolute Gasteiger partial charge is 0.204 e. The van der Waals surface area contributed by atoms with Gasteiger partial charge in [-0.15, -0.1) is 0 Å². The van der Waals surface area contributed by atoms with Crippen molar-refractivity contribution in [2.75, 3.05) is 0 Å². The van der Waals surface area contributed by atoms with Gasteiger partial charge in [0.2, 0.25) is 5.82 Å². The van der Waals surface area contributed by atoms with Crippen LogP contribution < -0.4 is 5.19 Å². The lowest BCUT2D eigenvalue weighted by Crippen LogP contribution is -2.25. The maximum absolute atomic E-state index is 12.7. The Balaban J connectivity index is 3.56. The summed E-state index contributed by atoms with van der Waals surface area (Å²) in [5, 5.41) is -0.642. The molecule has 1 rings (SSSR count). The fourth-order valence-electron chi connectivity index (χ4n) is 0.961. The van der Waals surface area contributed by atoms with Gasteiger partial charge in [0.1, 0.15) is 0 Å². The molecule has 0 aromatic heterocycles. The number of halogens is 5. The third kappa shape index (κ3) is 1.45. The van der Waals surface area contributed by atoms with Crippen LogP contribution in [0.4, 0.5) is 22.0 Å². The molecule has 13 heavy (non-hydrogen) atoms. The van der Waals surface area contributed by atoms with Crippen LogP contribution in [0.5, 0.6) is 0 Å². The zero-order valence-corrected chi connectivity index (χ0v) is 8.01. The molecule has 72 valence electrons. The molecule has 1 aromatic carbocycles. The molecule has 0 unspecified atom stereocenters. The molecule has 0 bridgehead atoms. The van der Waals surface area contributed by atoms with Crippen molar-refractivity contribution in [2.24, 2.45) is 0 Å². The number of hydrogen-bond acceptors (Lipinski definition) is 0. The Kier molecular flexibility index (Phi) is 2.70. The molecule has 0 atom stereocenters. The van der Waals surface area contributed by atoms with E-state index in [0.717, 1.165) is 0 Å². The van der Waals surface area contributed by atoms with E-state index in [1.54, 1.807) is 0 Å². The summed E-state index contributed by atoms with van der Waals surface area (Å²) < 4.78 is 62.8. The topological polar surface area (TPSA) is 0 Å². The third-order valence-electron chi connectivity index (χ3n) is 1.65. The van der Waals surface area contributed by atoms with Gasteiger partial charge in [-0.05, 0) is 0 Å². The summed E-state index contributed by atoms with van der Waals surface area (Å²) in [7, 11) is -1.42. The first kappa shape index (κ1) is 10.2. The van der Waals surface area contributed by atoms with Crippen LogP contribution in [0.2, 0.25) is 6.55 Å². The maximum Gasteiger partial charge on any atom is 0.200 e. The Morgan fingerprint density at radius 1 is 0.692 bits per heavy atom. The molecule has 0 aliphatic carbocycles. The summed E-state index contributed by atoms with van der Waals surface area (Å²) in [6.45, 7) is 1.44. The first-order valence-electron chi connectivity index (χ1n) is 3.51. The van der Waals surface area contributed by atoms with Crippen molar-refractivity contribution in [3.8, 4) is 0 Å². The van der Waals surface area contributed by atoms with E-state index in [9.17, 15) is 22.0 Å². The SMILES string of the molecule is C[SiH2]c1c(F)c(F)c(F)c(F)c1F. The highest BCUT2D eigenvalue weighted by Gasteiger charge is 2.23. The van der Waals surface area contributed by atoms with Crippen LogP contribution >= 0.6 is 0 Å². The van der Waals surface area contributed by atoms with E-state index < -0.39 is 43.8 Å². The standard InChI is InChI=1S/C7H5F5Si/c1-13-7-5(11)3(9)2(8)4(10)6(7)12/h13H2,1H3. The molecule has 0 spiro atoms. The zero-order chi connectivity index (χ0) is 10.2. The lowest BCUT2D eigenvalue weighted by atomic mass is 10.3. The molecule has 0 amide bonds. The summed E-state index contributed by atoms with van der Waals surface area (Å²) in [6, 6.07) is 0. The Morgan fingerprint density at radius 2 is 1.00 bits per heavy atom. The average Bonchev–Trinajstić information content (AvgIpc) is 2.13. The van der Waals surface area contributed by atoms with Crippen molar-refractivity contribution in [2.45, 2.75) is 6.55 Å². The van der Waals surface area contributed by atoms with Crippen LogP contribution in [0.1, 0.15) is 0 Å². The van der Waals surface area contributed by atoms with Gasteiger partial charge in [-0.2, -0.15) is 0 Å².